The highest BCUT2D eigenvalue weighted by atomic mass is 35.5. The van der Waals surface area contributed by atoms with Crippen LogP contribution < -0.4 is 0 Å². The second-order valence-corrected chi connectivity index (χ2v) is 6.45. The van der Waals surface area contributed by atoms with E-state index in [0.29, 0.717) is 15.6 Å². The van der Waals surface area contributed by atoms with Gasteiger partial charge in [-0.25, -0.2) is 4.79 Å². The minimum atomic E-state index is -0.503. The molecule has 0 bridgehead atoms. The van der Waals surface area contributed by atoms with Gasteiger partial charge in [-0.2, -0.15) is 5.10 Å². The molecule has 0 N–H and O–H groups in total. The molecule has 0 spiro atoms. The maximum absolute atomic E-state index is 11.9. The van der Waals surface area contributed by atoms with Gasteiger partial charge in [0.2, 0.25) is 0 Å². The lowest BCUT2D eigenvalue weighted by molar-refractivity contribution is 0.00752. The molecule has 0 unspecified atom stereocenters. The Morgan fingerprint density at radius 3 is 2.74 bits per heavy atom. The van der Waals surface area contributed by atoms with E-state index in [1.807, 2.05) is 26.8 Å². The first-order valence-corrected chi connectivity index (χ1v) is 6.86. The molecule has 6 heteroatoms. The van der Waals surface area contributed by atoms with Gasteiger partial charge in [0.05, 0.1) is 16.1 Å². The summed E-state index contributed by atoms with van der Waals surface area (Å²) in [4.78, 5) is 13.3. The van der Waals surface area contributed by atoms with E-state index in [9.17, 15) is 4.79 Å². The van der Waals surface area contributed by atoms with Crippen molar-refractivity contribution in [1.82, 2.24) is 10.2 Å². The first-order valence-electron chi connectivity index (χ1n) is 5.67. The molecule has 0 atom stereocenters. The Balaban J connectivity index is 2.22. The zero-order chi connectivity index (χ0) is 14.0. The summed E-state index contributed by atoms with van der Waals surface area (Å²) in [7, 11) is 0. The minimum Gasteiger partial charge on any atom is -0.456 e. The van der Waals surface area contributed by atoms with Crippen LogP contribution in [-0.2, 0) is 4.74 Å². The van der Waals surface area contributed by atoms with E-state index in [1.54, 1.807) is 12.1 Å². The number of ether oxygens (including phenoxy) is 1. The van der Waals surface area contributed by atoms with Gasteiger partial charge in [0.15, 0.2) is 0 Å². The summed E-state index contributed by atoms with van der Waals surface area (Å²) in [6.07, 6.45) is 1.47. The number of rotatable bonds is 2. The fourth-order valence-corrected chi connectivity index (χ4v) is 2.36. The van der Waals surface area contributed by atoms with Gasteiger partial charge in [-0.3, -0.25) is 0 Å². The van der Waals surface area contributed by atoms with Gasteiger partial charge in [0.25, 0.3) is 0 Å². The number of carbonyl (C=O) groups is 1. The normalized spacial score (nSPS) is 11.4. The van der Waals surface area contributed by atoms with Gasteiger partial charge < -0.3 is 4.74 Å². The Labute approximate surface area is 120 Å². The topological polar surface area (TPSA) is 52.1 Å². The summed E-state index contributed by atoms with van der Waals surface area (Å²) in [6, 6.07) is 5.24. The third-order valence-electron chi connectivity index (χ3n) is 2.08. The number of hydrogen-bond acceptors (Lipinski definition) is 5. The predicted molar refractivity (Wildman–Crippen MR) is 75.5 cm³/mol. The molecule has 0 aromatic carbocycles. The van der Waals surface area contributed by atoms with Crippen LogP contribution in [0.1, 0.15) is 30.4 Å². The highest BCUT2D eigenvalue weighted by Crippen LogP contribution is 2.28. The maximum atomic E-state index is 11.9. The average molecular weight is 297 g/mol. The standard InChI is InChI=1S/C13H13ClN2O2S/c1-13(2,3)18-12(17)11-5-4-10(19-11)9-6-8(14)7-15-16-9/h4-7H,1-3H3. The van der Waals surface area contributed by atoms with Gasteiger partial charge in [0, 0.05) is 0 Å². The molecule has 0 radical (unpaired) electrons. The molecular formula is C13H13ClN2O2S. The molecule has 4 nitrogen and oxygen atoms in total. The second-order valence-electron chi connectivity index (χ2n) is 4.92. The summed E-state index contributed by atoms with van der Waals surface area (Å²) < 4.78 is 5.31. The lowest BCUT2D eigenvalue weighted by Gasteiger charge is -2.18. The maximum Gasteiger partial charge on any atom is 0.348 e. The molecule has 2 heterocycles. The highest BCUT2D eigenvalue weighted by molar-refractivity contribution is 7.17. The molecule has 0 saturated carbocycles. The Morgan fingerprint density at radius 2 is 2.11 bits per heavy atom. The van der Waals surface area contributed by atoms with Gasteiger partial charge in [-0.1, -0.05) is 11.6 Å². The van der Waals surface area contributed by atoms with Crippen LogP contribution >= 0.6 is 22.9 Å². The quantitative estimate of drug-likeness (QED) is 0.791. The van der Waals surface area contributed by atoms with Crippen LogP contribution in [0.15, 0.2) is 24.4 Å². The second kappa shape index (κ2) is 5.27. The van der Waals surface area contributed by atoms with Crippen LogP contribution in [0.2, 0.25) is 5.02 Å². The molecule has 2 aromatic heterocycles. The van der Waals surface area contributed by atoms with Crippen molar-refractivity contribution >= 4 is 28.9 Å². The molecule has 2 rings (SSSR count). The smallest absolute Gasteiger partial charge is 0.348 e. The minimum absolute atomic E-state index is 0.335. The Kier molecular flexibility index (Phi) is 3.87. The molecular weight excluding hydrogens is 284 g/mol. The van der Waals surface area contributed by atoms with E-state index < -0.39 is 5.60 Å². The van der Waals surface area contributed by atoms with Crippen molar-refractivity contribution in [2.45, 2.75) is 26.4 Å². The molecule has 0 saturated heterocycles. The number of aromatic nitrogens is 2. The SMILES string of the molecule is CC(C)(C)OC(=O)c1ccc(-c2cc(Cl)cnn2)s1. The van der Waals surface area contributed by atoms with Crippen molar-refractivity contribution in [3.8, 4) is 10.6 Å². The third kappa shape index (κ3) is 3.75. The number of carbonyl (C=O) groups excluding carboxylic acids is 1. The Bertz CT molecular complexity index is 605. The van der Waals surface area contributed by atoms with E-state index in [1.165, 1.54) is 17.5 Å². The Morgan fingerprint density at radius 1 is 1.37 bits per heavy atom. The van der Waals surface area contributed by atoms with Crippen LogP contribution in [0.3, 0.4) is 0 Å². The monoisotopic (exact) mass is 296 g/mol. The molecule has 0 aliphatic rings. The number of hydrogen-bond donors (Lipinski definition) is 0. The molecule has 0 aliphatic carbocycles. The molecule has 19 heavy (non-hydrogen) atoms. The fraction of sp³-hybridized carbons (Fsp3) is 0.308. The lowest BCUT2D eigenvalue weighted by Crippen LogP contribution is -2.23. The summed E-state index contributed by atoms with van der Waals surface area (Å²) in [5, 5.41) is 8.27. The fourth-order valence-electron chi connectivity index (χ4n) is 1.38. The first-order chi connectivity index (χ1) is 8.85. The van der Waals surface area contributed by atoms with Crippen LogP contribution in [0.4, 0.5) is 0 Å². The molecule has 0 fully saturated rings. The molecule has 0 aliphatic heterocycles. The number of nitrogens with zero attached hydrogens (tertiary/aromatic N) is 2. The van der Waals surface area contributed by atoms with Gasteiger partial charge in [-0.05, 0) is 39.0 Å². The summed E-state index contributed by atoms with van der Waals surface area (Å²) in [5.74, 6) is -0.335. The largest absolute Gasteiger partial charge is 0.456 e. The highest BCUT2D eigenvalue weighted by Gasteiger charge is 2.19. The van der Waals surface area contributed by atoms with E-state index in [4.69, 9.17) is 16.3 Å². The summed E-state index contributed by atoms with van der Waals surface area (Å²) in [5.41, 5.74) is 0.143. The van der Waals surface area contributed by atoms with E-state index in [-0.39, 0.29) is 5.97 Å². The van der Waals surface area contributed by atoms with Crippen LogP contribution in [0.5, 0.6) is 0 Å². The number of thiophene rings is 1. The third-order valence-corrected chi connectivity index (χ3v) is 3.37. The molecule has 2 aromatic rings. The van der Waals surface area contributed by atoms with Crippen molar-refractivity contribution < 1.29 is 9.53 Å². The molecule has 0 amide bonds. The summed E-state index contributed by atoms with van der Waals surface area (Å²) >= 11 is 7.17. The van der Waals surface area contributed by atoms with Crippen molar-refractivity contribution in [3.05, 3.63) is 34.3 Å². The van der Waals surface area contributed by atoms with E-state index >= 15 is 0 Å². The van der Waals surface area contributed by atoms with Gasteiger partial charge in [0.1, 0.15) is 16.2 Å². The van der Waals surface area contributed by atoms with Crippen molar-refractivity contribution in [1.29, 1.82) is 0 Å². The van der Waals surface area contributed by atoms with Gasteiger partial charge in [-0.15, -0.1) is 16.4 Å². The Hall–Kier alpha value is -1.46. The lowest BCUT2D eigenvalue weighted by atomic mass is 10.2. The zero-order valence-corrected chi connectivity index (χ0v) is 12.4. The van der Waals surface area contributed by atoms with Crippen molar-refractivity contribution in [3.63, 3.8) is 0 Å². The van der Waals surface area contributed by atoms with Crippen LogP contribution in [-0.4, -0.2) is 21.8 Å². The van der Waals surface area contributed by atoms with Crippen molar-refractivity contribution in [2.24, 2.45) is 0 Å². The predicted octanol–water partition coefficient (Wildman–Crippen LogP) is 3.81. The van der Waals surface area contributed by atoms with E-state index in [2.05, 4.69) is 10.2 Å². The average Bonchev–Trinajstić information content (AvgIpc) is 2.75. The molecule has 100 valence electrons. The van der Waals surface area contributed by atoms with Gasteiger partial charge >= 0.3 is 5.97 Å². The van der Waals surface area contributed by atoms with E-state index in [0.717, 1.165) is 4.88 Å². The van der Waals surface area contributed by atoms with Crippen molar-refractivity contribution in [2.75, 3.05) is 0 Å². The number of halogens is 1. The summed E-state index contributed by atoms with van der Waals surface area (Å²) in [6.45, 7) is 5.51. The number of esters is 1. The van der Waals surface area contributed by atoms with Crippen LogP contribution in [0.25, 0.3) is 10.6 Å². The zero-order valence-electron chi connectivity index (χ0n) is 10.8. The first kappa shape index (κ1) is 14.0. The van der Waals surface area contributed by atoms with Crippen LogP contribution in [0, 0.1) is 0 Å².